The van der Waals surface area contributed by atoms with Crippen LogP contribution < -0.4 is 15.8 Å². The molecule has 4 N–H and O–H groups in total. The molecule has 32 heavy (non-hydrogen) atoms. The zero-order valence-electron chi connectivity index (χ0n) is 17.8. The van der Waals surface area contributed by atoms with Gasteiger partial charge in [-0.2, -0.15) is 4.98 Å². The Morgan fingerprint density at radius 1 is 1.22 bits per heavy atom. The van der Waals surface area contributed by atoms with Crippen molar-refractivity contribution in [2.24, 2.45) is 5.14 Å². The van der Waals surface area contributed by atoms with Crippen molar-refractivity contribution in [1.82, 2.24) is 19.9 Å². The van der Waals surface area contributed by atoms with Crippen molar-refractivity contribution in [3.8, 4) is 0 Å². The Kier molecular flexibility index (Phi) is 4.94. The highest BCUT2D eigenvalue weighted by molar-refractivity contribution is 7.89. The Balaban J connectivity index is 1.58. The third-order valence-electron chi connectivity index (χ3n) is 6.61. The summed E-state index contributed by atoms with van der Waals surface area (Å²) in [6.45, 7) is 2.07. The molecule has 1 aromatic carbocycles. The molecular formula is C22H26N6O3S. The second-order valence-corrected chi connectivity index (χ2v) is 10.2. The van der Waals surface area contributed by atoms with Gasteiger partial charge < -0.3 is 15.2 Å². The Morgan fingerprint density at radius 3 is 2.59 bits per heavy atom. The molecule has 1 aliphatic heterocycles. The summed E-state index contributed by atoms with van der Waals surface area (Å²) in [4.78, 5) is 22.5. The lowest BCUT2D eigenvalue weighted by Crippen LogP contribution is -2.55. The molecule has 0 bridgehead atoms. The van der Waals surface area contributed by atoms with Crippen LogP contribution in [0.1, 0.15) is 57.2 Å². The van der Waals surface area contributed by atoms with E-state index in [1.165, 1.54) is 12.1 Å². The highest BCUT2D eigenvalue weighted by Gasteiger charge is 2.47. The maximum absolute atomic E-state index is 13.3. The fourth-order valence-electron chi connectivity index (χ4n) is 5.00. The second-order valence-electron chi connectivity index (χ2n) is 8.60. The van der Waals surface area contributed by atoms with E-state index < -0.39 is 15.6 Å². The summed E-state index contributed by atoms with van der Waals surface area (Å²) in [5.74, 6) is 0.465. The van der Waals surface area contributed by atoms with E-state index in [-0.39, 0.29) is 16.8 Å². The molecule has 0 saturated heterocycles. The smallest absolute Gasteiger partial charge is 0.246 e. The summed E-state index contributed by atoms with van der Waals surface area (Å²) < 4.78 is 25.1. The summed E-state index contributed by atoms with van der Waals surface area (Å²) in [5.41, 5.74) is 1.85. The molecule has 3 aromatic rings. The molecule has 1 fully saturated rings. The molecule has 1 spiro atoms. The molecule has 1 atom stereocenters. The summed E-state index contributed by atoms with van der Waals surface area (Å²) in [5, 5.41) is 12.4. The van der Waals surface area contributed by atoms with Crippen molar-refractivity contribution in [3.63, 3.8) is 0 Å². The summed E-state index contributed by atoms with van der Waals surface area (Å²) in [6.07, 6.45) is 7.32. The van der Waals surface area contributed by atoms with Gasteiger partial charge >= 0.3 is 0 Å². The van der Waals surface area contributed by atoms with Gasteiger partial charge in [-0.15, -0.1) is 0 Å². The number of nitrogens with zero attached hydrogens (tertiary/aromatic N) is 3. The molecular weight excluding hydrogens is 428 g/mol. The molecule has 1 aliphatic carbocycles. The fourth-order valence-corrected chi connectivity index (χ4v) is 5.51. The first kappa shape index (κ1) is 20.9. The lowest BCUT2D eigenvalue weighted by molar-refractivity contribution is -0.134. The number of hydrogen-bond donors (Lipinski definition) is 3. The van der Waals surface area contributed by atoms with Gasteiger partial charge in [0, 0.05) is 23.0 Å². The first-order valence-electron chi connectivity index (χ1n) is 10.9. The van der Waals surface area contributed by atoms with Crippen LogP contribution in [0.4, 0.5) is 11.6 Å². The number of anilines is 2. The number of carbonyl (C=O) groups is 1. The van der Waals surface area contributed by atoms with Crippen molar-refractivity contribution in [1.29, 1.82) is 0 Å². The maximum atomic E-state index is 13.3. The Hall–Kier alpha value is -2.98. The number of benzene rings is 1. The van der Waals surface area contributed by atoms with Crippen molar-refractivity contribution in [3.05, 3.63) is 42.2 Å². The fraction of sp³-hybridized carbons (Fsp3) is 0.409. The van der Waals surface area contributed by atoms with Gasteiger partial charge in [0.15, 0.2) is 0 Å². The Bertz CT molecular complexity index is 1290. The predicted octanol–water partition coefficient (Wildman–Crippen LogP) is 3.06. The second kappa shape index (κ2) is 7.56. The number of fused-ring (bicyclic) bond motifs is 4. The van der Waals surface area contributed by atoms with E-state index in [0.29, 0.717) is 11.6 Å². The van der Waals surface area contributed by atoms with Gasteiger partial charge in [-0.1, -0.05) is 26.2 Å². The molecule has 2 aliphatic rings. The summed E-state index contributed by atoms with van der Waals surface area (Å²) in [6, 6.07) is 8.13. The van der Waals surface area contributed by atoms with Gasteiger partial charge in [0.05, 0.1) is 10.9 Å². The van der Waals surface area contributed by atoms with Gasteiger partial charge in [-0.05, 0) is 49.6 Å². The van der Waals surface area contributed by atoms with Gasteiger partial charge in [0.2, 0.25) is 21.9 Å². The quantitative estimate of drug-likeness (QED) is 0.555. The average molecular weight is 455 g/mol. The molecule has 9 nitrogen and oxygen atoms in total. The van der Waals surface area contributed by atoms with Gasteiger partial charge in [0.1, 0.15) is 11.2 Å². The van der Waals surface area contributed by atoms with E-state index in [0.717, 1.165) is 55.3 Å². The number of nitrogens with two attached hydrogens (primary N) is 1. The average Bonchev–Trinajstić information content (AvgIpc) is 3.16. The number of nitrogens with one attached hydrogen (secondary N) is 2. The van der Waals surface area contributed by atoms with Gasteiger partial charge in [-0.25, -0.2) is 18.5 Å². The topological polar surface area (TPSA) is 132 Å². The first-order chi connectivity index (χ1) is 15.3. The molecule has 3 heterocycles. The van der Waals surface area contributed by atoms with Crippen LogP contribution >= 0.6 is 0 Å². The van der Waals surface area contributed by atoms with Crippen LogP contribution in [0, 0.1) is 0 Å². The third kappa shape index (κ3) is 3.34. The summed E-state index contributed by atoms with van der Waals surface area (Å²) in [7, 11) is -3.75. The standard InChI is InChI=1S/C22H26N6O3S/c1-2-17-18-12-14-13-24-21(25-15-6-8-16(9-7-15)32(23,30)31)27-19(14)28(18)22(20(29)26-17)10-4-3-5-11-22/h6-9,12-13,17H,2-5,10-11H2,1H3,(H,26,29)(H2,23,30,31)(H,24,25,27). The predicted molar refractivity (Wildman–Crippen MR) is 121 cm³/mol. The highest BCUT2D eigenvalue weighted by Crippen LogP contribution is 2.44. The Labute approximate surface area is 186 Å². The zero-order chi connectivity index (χ0) is 22.5. The zero-order valence-corrected chi connectivity index (χ0v) is 18.7. The number of aromatic nitrogens is 3. The summed E-state index contributed by atoms with van der Waals surface area (Å²) >= 11 is 0. The number of carbonyl (C=O) groups excluding carboxylic acids is 1. The van der Waals surface area contributed by atoms with E-state index in [4.69, 9.17) is 10.1 Å². The molecule has 1 amide bonds. The maximum Gasteiger partial charge on any atom is 0.246 e. The molecule has 1 saturated carbocycles. The van der Waals surface area contributed by atoms with Crippen molar-refractivity contribution in [2.75, 3.05) is 5.32 Å². The molecule has 0 radical (unpaired) electrons. The molecule has 5 rings (SSSR count). The van der Waals surface area contributed by atoms with Crippen LogP contribution in [0.3, 0.4) is 0 Å². The Morgan fingerprint density at radius 2 is 1.94 bits per heavy atom. The SMILES string of the molecule is CCC1NC(=O)C2(CCCCC2)n2c1cc1cnc(Nc3ccc(S(N)(=O)=O)cc3)nc12. The molecule has 10 heteroatoms. The number of rotatable bonds is 4. The van der Waals surface area contributed by atoms with Crippen LogP contribution in [-0.2, 0) is 20.4 Å². The van der Waals surface area contributed by atoms with Crippen molar-refractivity contribution >= 4 is 38.6 Å². The lowest BCUT2D eigenvalue weighted by atomic mass is 9.78. The number of amides is 1. The van der Waals surface area contributed by atoms with Crippen LogP contribution in [-0.4, -0.2) is 28.9 Å². The first-order valence-corrected chi connectivity index (χ1v) is 12.5. The van der Waals surface area contributed by atoms with E-state index in [2.05, 4.69) is 33.2 Å². The van der Waals surface area contributed by atoms with Crippen LogP contribution in [0.15, 0.2) is 41.4 Å². The van der Waals surface area contributed by atoms with E-state index in [1.54, 1.807) is 18.3 Å². The van der Waals surface area contributed by atoms with E-state index in [9.17, 15) is 13.2 Å². The van der Waals surface area contributed by atoms with Crippen molar-refractivity contribution < 1.29 is 13.2 Å². The largest absolute Gasteiger partial charge is 0.346 e. The normalized spacial score (nSPS) is 20.2. The number of sulfonamides is 1. The number of primary sulfonamides is 1. The molecule has 168 valence electrons. The molecule has 1 unspecified atom stereocenters. The van der Waals surface area contributed by atoms with E-state index >= 15 is 0 Å². The minimum atomic E-state index is -3.75. The van der Waals surface area contributed by atoms with Gasteiger partial charge in [0.25, 0.3) is 0 Å². The molecule has 2 aromatic heterocycles. The van der Waals surface area contributed by atoms with Gasteiger partial charge in [-0.3, -0.25) is 4.79 Å². The minimum Gasteiger partial charge on any atom is -0.346 e. The van der Waals surface area contributed by atoms with Crippen LogP contribution in [0.5, 0.6) is 0 Å². The minimum absolute atomic E-state index is 0.0379. The third-order valence-corrected chi connectivity index (χ3v) is 7.54. The monoisotopic (exact) mass is 454 g/mol. The lowest BCUT2D eigenvalue weighted by Gasteiger charge is -2.44. The number of hydrogen-bond acceptors (Lipinski definition) is 6. The van der Waals surface area contributed by atoms with E-state index in [1.807, 2.05) is 0 Å². The highest BCUT2D eigenvalue weighted by atomic mass is 32.2. The van der Waals surface area contributed by atoms with Crippen LogP contribution in [0.2, 0.25) is 0 Å². The van der Waals surface area contributed by atoms with Crippen molar-refractivity contribution in [2.45, 2.75) is 61.9 Å². The van der Waals surface area contributed by atoms with Crippen LogP contribution in [0.25, 0.3) is 11.0 Å².